The highest BCUT2D eigenvalue weighted by Crippen LogP contribution is 2.30. The number of rotatable bonds is 2. The summed E-state index contributed by atoms with van der Waals surface area (Å²) in [6.45, 7) is 1.90. The van der Waals surface area contributed by atoms with Crippen molar-refractivity contribution in [2.45, 2.75) is 37.9 Å². The van der Waals surface area contributed by atoms with Crippen molar-refractivity contribution in [3.05, 3.63) is 0 Å². The van der Waals surface area contributed by atoms with Crippen molar-refractivity contribution in [1.29, 1.82) is 0 Å². The Morgan fingerprint density at radius 2 is 2.42 bits per heavy atom. The smallest absolute Gasteiger partial charge is 0.340 e. The van der Waals surface area contributed by atoms with Crippen molar-refractivity contribution in [3.8, 4) is 0 Å². The standard InChI is InChI=1S/C8H14O4/c1-2-12-7(10)8(11)5-3-4-6(8)9/h6,9,11H,2-5H2,1H3. The molecule has 0 amide bonds. The molecule has 1 fully saturated rings. The lowest BCUT2D eigenvalue weighted by Gasteiger charge is -2.23. The number of aliphatic hydroxyl groups excluding tert-OH is 1. The van der Waals surface area contributed by atoms with Gasteiger partial charge in [0.15, 0.2) is 5.60 Å². The minimum absolute atomic E-state index is 0.230. The largest absolute Gasteiger partial charge is 0.464 e. The zero-order valence-corrected chi connectivity index (χ0v) is 7.12. The third-order valence-corrected chi connectivity index (χ3v) is 2.22. The van der Waals surface area contributed by atoms with Crippen LogP contribution in [-0.4, -0.2) is 34.5 Å². The van der Waals surface area contributed by atoms with Crippen LogP contribution < -0.4 is 0 Å². The first-order valence-corrected chi connectivity index (χ1v) is 4.19. The van der Waals surface area contributed by atoms with Crippen molar-refractivity contribution in [3.63, 3.8) is 0 Å². The van der Waals surface area contributed by atoms with Crippen LogP contribution in [0.15, 0.2) is 0 Å². The molecule has 1 aliphatic rings. The first kappa shape index (κ1) is 9.48. The Bertz CT molecular complexity index is 180. The summed E-state index contributed by atoms with van der Waals surface area (Å²) in [5.74, 6) is -0.699. The molecule has 0 saturated heterocycles. The second-order valence-electron chi connectivity index (χ2n) is 3.05. The van der Waals surface area contributed by atoms with Crippen molar-refractivity contribution >= 4 is 5.97 Å². The molecule has 2 N–H and O–H groups in total. The lowest BCUT2D eigenvalue weighted by atomic mass is 10.0. The van der Waals surface area contributed by atoms with Gasteiger partial charge < -0.3 is 14.9 Å². The summed E-state index contributed by atoms with van der Waals surface area (Å²) >= 11 is 0. The molecule has 1 aliphatic carbocycles. The lowest BCUT2D eigenvalue weighted by molar-refractivity contribution is -0.173. The summed E-state index contributed by atoms with van der Waals surface area (Å²) in [4.78, 5) is 11.1. The van der Waals surface area contributed by atoms with Crippen molar-refractivity contribution in [2.24, 2.45) is 0 Å². The third kappa shape index (κ3) is 1.44. The minimum atomic E-state index is -1.64. The number of hydrogen-bond acceptors (Lipinski definition) is 4. The number of carbonyl (C=O) groups excluding carboxylic acids is 1. The molecule has 0 aromatic carbocycles. The fourth-order valence-electron chi connectivity index (χ4n) is 1.46. The van der Waals surface area contributed by atoms with Gasteiger partial charge in [0.25, 0.3) is 0 Å². The molecule has 0 aliphatic heterocycles. The van der Waals surface area contributed by atoms with E-state index in [9.17, 15) is 15.0 Å². The molecule has 12 heavy (non-hydrogen) atoms. The van der Waals surface area contributed by atoms with Gasteiger partial charge in [-0.3, -0.25) is 0 Å². The van der Waals surface area contributed by atoms with Crippen LogP contribution in [0.3, 0.4) is 0 Å². The van der Waals surface area contributed by atoms with Crippen LogP contribution in [0.25, 0.3) is 0 Å². The first-order chi connectivity index (χ1) is 5.61. The van der Waals surface area contributed by atoms with Crippen molar-refractivity contribution in [2.75, 3.05) is 6.61 Å². The minimum Gasteiger partial charge on any atom is -0.464 e. The highest BCUT2D eigenvalue weighted by Gasteiger charge is 2.48. The van der Waals surface area contributed by atoms with Crippen LogP contribution in [-0.2, 0) is 9.53 Å². The average Bonchev–Trinajstić information content (AvgIpc) is 2.34. The van der Waals surface area contributed by atoms with Gasteiger partial charge in [-0.05, 0) is 26.2 Å². The Kier molecular flexibility index (Phi) is 2.69. The number of carbonyl (C=O) groups is 1. The molecule has 70 valence electrons. The van der Waals surface area contributed by atoms with Gasteiger partial charge in [0, 0.05) is 0 Å². The lowest BCUT2D eigenvalue weighted by Crippen LogP contribution is -2.46. The number of aliphatic hydroxyl groups is 2. The predicted molar refractivity (Wildman–Crippen MR) is 41.4 cm³/mol. The zero-order chi connectivity index (χ0) is 9.19. The van der Waals surface area contributed by atoms with Gasteiger partial charge in [0.05, 0.1) is 12.7 Å². The van der Waals surface area contributed by atoms with Gasteiger partial charge in [-0.2, -0.15) is 0 Å². The summed E-state index contributed by atoms with van der Waals surface area (Å²) in [6.07, 6.45) is 0.468. The molecular formula is C8H14O4. The Morgan fingerprint density at radius 3 is 2.83 bits per heavy atom. The number of esters is 1. The summed E-state index contributed by atoms with van der Waals surface area (Å²) < 4.78 is 4.65. The molecule has 0 bridgehead atoms. The Labute approximate surface area is 71.2 Å². The Balaban J connectivity index is 2.63. The summed E-state index contributed by atoms with van der Waals surface area (Å²) in [6, 6.07) is 0. The van der Waals surface area contributed by atoms with E-state index >= 15 is 0 Å². The van der Waals surface area contributed by atoms with Crippen LogP contribution in [0.2, 0.25) is 0 Å². The van der Waals surface area contributed by atoms with Crippen LogP contribution in [0, 0.1) is 0 Å². The van der Waals surface area contributed by atoms with Crippen molar-refractivity contribution < 1.29 is 19.7 Å². The molecule has 0 heterocycles. The molecule has 0 aromatic rings. The highest BCUT2D eigenvalue weighted by molar-refractivity contribution is 5.80. The van der Waals surface area contributed by atoms with Gasteiger partial charge in [0.2, 0.25) is 0 Å². The van der Waals surface area contributed by atoms with E-state index in [4.69, 9.17) is 0 Å². The van der Waals surface area contributed by atoms with E-state index in [1.165, 1.54) is 0 Å². The van der Waals surface area contributed by atoms with E-state index in [0.29, 0.717) is 19.3 Å². The van der Waals surface area contributed by atoms with E-state index in [1.54, 1.807) is 6.92 Å². The van der Waals surface area contributed by atoms with E-state index in [0.717, 1.165) is 0 Å². The Hall–Kier alpha value is -0.610. The topological polar surface area (TPSA) is 66.8 Å². The molecule has 1 saturated carbocycles. The van der Waals surface area contributed by atoms with Gasteiger partial charge in [-0.1, -0.05) is 0 Å². The molecule has 1 rings (SSSR count). The summed E-state index contributed by atoms with van der Waals surface area (Å²) in [5.41, 5.74) is -1.64. The fraction of sp³-hybridized carbons (Fsp3) is 0.875. The van der Waals surface area contributed by atoms with Gasteiger partial charge in [-0.15, -0.1) is 0 Å². The molecule has 0 aromatic heterocycles. The number of ether oxygens (including phenoxy) is 1. The second kappa shape index (κ2) is 3.41. The SMILES string of the molecule is CCOC(=O)C1(O)CCCC1O. The molecule has 2 atom stereocenters. The van der Waals surface area contributed by atoms with Crippen LogP contribution in [0.4, 0.5) is 0 Å². The van der Waals surface area contributed by atoms with Gasteiger partial charge in [-0.25, -0.2) is 4.79 Å². The van der Waals surface area contributed by atoms with Crippen LogP contribution in [0.1, 0.15) is 26.2 Å². The van der Waals surface area contributed by atoms with E-state index in [2.05, 4.69) is 4.74 Å². The zero-order valence-electron chi connectivity index (χ0n) is 7.12. The van der Waals surface area contributed by atoms with E-state index < -0.39 is 17.7 Å². The van der Waals surface area contributed by atoms with Crippen LogP contribution >= 0.6 is 0 Å². The quantitative estimate of drug-likeness (QED) is 0.570. The van der Waals surface area contributed by atoms with Gasteiger partial charge in [0.1, 0.15) is 0 Å². The molecule has 4 heteroatoms. The first-order valence-electron chi connectivity index (χ1n) is 4.19. The van der Waals surface area contributed by atoms with Crippen molar-refractivity contribution in [1.82, 2.24) is 0 Å². The van der Waals surface area contributed by atoms with E-state index in [1.807, 2.05) is 0 Å². The maximum Gasteiger partial charge on any atom is 0.340 e. The third-order valence-electron chi connectivity index (χ3n) is 2.22. The molecule has 2 unspecified atom stereocenters. The highest BCUT2D eigenvalue weighted by atomic mass is 16.6. The molecule has 4 nitrogen and oxygen atoms in total. The summed E-state index contributed by atoms with van der Waals surface area (Å²) in [7, 11) is 0. The number of hydrogen-bond donors (Lipinski definition) is 2. The molecule has 0 radical (unpaired) electrons. The monoisotopic (exact) mass is 174 g/mol. The normalized spacial score (nSPS) is 35.1. The fourth-order valence-corrected chi connectivity index (χ4v) is 1.46. The van der Waals surface area contributed by atoms with Gasteiger partial charge >= 0.3 is 5.97 Å². The predicted octanol–water partition coefficient (Wildman–Crippen LogP) is -0.175. The second-order valence-corrected chi connectivity index (χ2v) is 3.05. The maximum absolute atomic E-state index is 11.1. The Morgan fingerprint density at radius 1 is 1.75 bits per heavy atom. The maximum atomic E-state index is 11.1. The molecular weight excluding hydrogens is 160 g/mol. The summed E-state index contributed by atoms with van der Waals surface area (Å²) in [5, 5.41) is 18.9. The van der Waals surface area contributed by atoms with E-state index in [-0.39, 0.29) is 6.61 Å². The molecule has 0 spiro atoms. The van der Waals surface area contributed by atoms with Crippen LogP contribution in [0.5, 0.6) is 0 Å². The average molecular weight is 174 g/mol.